The van der Waals surface area contributed by atoms with Crippen LogP contribution in [0.25, 0.3) is 0 Å². The first-order valence-electron chi connectivity index (χ1n) is 25.3. The molecule has 0 radical (unpaired) electrons. The van der Waals surface area contributed by atoms with Gasteiger partial charge in [-0.15, -0.1) is 0 Å². The fourth-order valence-electron chi connectivity index (χ4n) is 8.76. The number of hydrogen-bond acceptors (Lipinski definition) is 12. The number of aliphatic hydroxyl groups is 1. The molecule has 0 bridgehead atoms. The molecular weight excluding hydrogens is 947 g/mol. The number of aliphatic hydroxyl groups excluding tert-OH is 1. The predicted octanol–water partition coefficient (Wildman–Crippen LogP) is -0.548. The van der Waals surface area contributed by atoms with Gasteiger partial charge in [-0.05, 0) is 79.1 Å². The van der Waals surface area contributed by atoms with Crippen LogP contribution in [0.3, 0.4) is 0 Å². The van der Waals surface area contributed by atoms with Crippen molar-refractivity contribution in [3.05, 3.63) is 12.2 Å². The molecular formula is C50H87N11O12. The Labute approximate surface area is 432 Å². The standard InChI is InChI=1S/C50H87N11O12/c1-19-25-26-28(7)40(63)39-44(67)54-33(20-2)48(71)55(12)27-38(62)57(14)34(21-3)42(65)53-31(10)45(68)58(15)35(22-4)43(66)51-29(8)41(64)52-30(9)46(69)59(16)37(24-6)50(73)60(17)36(23-5)49(72)56(13)32(11)47(70)61(39)18/h19,25,28-37,39-40,63H,20-24,26-27H2,1-18H3,(H,51,66)(H,52,64)(H,53,65)(H,54,67)/b25-19+. The third-order valence-electron chi connectivity index (χ3n) is 14.0. The summed E-state index contributed by atoms with van der Waals surface area (Å²) in [7, 11) is 9.52. The van der Waals surface area contributed by atoms with E-state index < -0.39 is 144 Å². The first kappa shape index (κ1) is 64.9. The summed E-state index contributed by atoms with van der Waals surface area (Å²) < 4.78 is 0. The van der Waals surface area contributed by atoms with Gasteiger partial charge in [0.15, 0.2) is 0 Å². The summed E-state index contributed by atoms with van der Waals surface area (Å²) in [6, 6.07) is -12.1. The second kappa shape index (κ2) is 29.5. The molecule has 0 aromatic heterocycles. The molecule has 1 heterocycles. The van der Waals surface area contributed by atoms with Crippen LogP contribution in [0, 0.1) is 5.92 Å². The number of allylic oxidation sites excluding steroid dienone is 2. The number of nitrogens with one attached hydrogen (secondary N) is 4. The molecule has 1 aliphatic rings. The van der Waals surface area contributed by atoms with Gasteiger partial charge in [-0.3, -0.25) is 52.7 Å². The highest BCUT2D eigenvalue weighted by Gasteiger charge is 2.43. The van der Waals surface area contributed by atoms with Gasteiger partial charge in [-0.25, -0.2) is 0 Å². The van der Waals surface area contributed by atoms with E-state index in [2.05, 4.69) is 21.3 Å². The first-order valence-corrected chi connectivity index (χ1v) is 25.3. The molecule has 0 aliphatic carbocycles. The van der Waals surface area contributed by atoms with Crippen LogP contribution in [0.1, 0.15) is 115 Å². The van der Waals surface area contributed by atoms with Crippen molar-refractivity contribution >= 4 is 65.0 Å². The minimum absolute atomic E-state index is 0.0304. The molecule has 11 amide bonds. The largest absolute Gasteiger partial charge is 0.390 e. The van der Waals surface area contributed by atoms with E-state index in [0.717, 1.165) is 29.4 Å². The van der Waals surface area contributed by atoms with Gasteiger partial charge in [0.05, 0.1) is 12.6 Å². The van der Waals surface area contributed by atoms with Gasteiger partial charge in [0, 0.05) is 49.3 Å². The molecule has 23 nitrogen and oxygen atoms in total. The van der Waals surface area contributed by atoms with E-state index in [9.17, 15) is 57.8 Å². The predicted molar refractivity (Wildman–Crippen MR) is 273 cm³/mol. The maximum atomic E-state index is 14.4. The fourth-order valence-corrected chi connectivity index (χ4v) is 8.76. The van der Waals surface area contributed by atoms with E-state index in [-0.39, 0.29) is 32.1 Å². The molecule has 1 rings (SSSR count). The third-order valence-corrected chi connectivity index (χ3v) is 14.0. The Morgan fingerprint density at radius 2 is 0.904 bits per heavy atom. The first-order chi connectivity index (χ1) is 34.0. The molecule has 0 saturated carbocycles. The molecule has 12 atom stereocenters. The average Bonchev–Trinajstić information content (AvgIpc) is 3.35. The van der Waals surface area contributed by atoms with Crippen molar-refractivity contribution < 1.29 is 57.8 Å². The summed E-state index contributed by atoms with van der Waals surface area (Å²) >= 11 is 0. The van der Waals surface area contributed by atoms with Crippen LogP contribution in [0.4, 0.5) is 0 Å². The lowest BCUT2D eigenvalue weighted by atomic mass is 9.92. The summed E-state index contributed by atoms with van der Waals surface area (Å²) in [5.74, 6) is -8.26. The number of rotatable bonds is 9. The highest BCUT2D eigenvalue weighted by molar-refractivity contribution is 5.99. The Balaban J connectivity index is 3.91. The minimum Gasteiger partial charge on any atom is -0.390 e. The van der Waals surface area contributed by atoms with Crippen molar-refractivity contribution in [3.63, 3.8) is 0 Å². The zero-order valence-electron chi connectivity index (χ0n) is 46.6. The van der Waals surface area contributed by atoms with Crippen molar-refractivity contribution in [2.24, 2.45) is 5.92 Å². The number of likely N-dealkylation sites (N-methyl/N-ethyl adjacent to an activating group) is 7. The smallest absolute Gasteiger partial charge is 0.246 e. The van der Waals surface area contributed by atoms with Crippen LogP contribution in [-0.4, -0.2) is 227 Å². The van der Waals surface area contributed by atoms with E-state index in [1.165, 1.54) is 81.9 Å². The highest BCUT2D eigenvalue weighted by atomic mass is 16.3. The van der Waals surface area contributed by atoms with Gasteiger partial charge in [0.1, 0.15) is 60.4 Å². The summed E-state index contributed by atoms with van der Waals surface area (Å²) in [6.45, 7) is 16.8. The molecule has 0 aromatic carbocycles. The molecule has 73 heavy (non-hydrogen) atoms. The third kappa shape index (κ3) is 16.4. The summed E-state index contributed by atoms with van der Waals surface area (Å²) in [4.78, 5) is 161. The zero-order chi connectivity index (χ0) is 56.5. The average molecular weight is 1030 g/mol. The second-order valence-corrected chi connectivity index (χ2v) is 19.2. The van der Waals surface area contributed by atoms with Crippen molar-refractivity contribution in [2.75, 3.05) is 55.9 Å². The number of carbonyl (C=O) groups is 11. The van der Waals surface area contributed by atoms with E-state index in [1.54, 1.807) is 60.6 Å². The lowest BCUT2D eigenvalue weighted by Gasteiger charge is -2.39. The Morgan fingerprint density at radius 3 is 1.36 bits per heavy atom. The van der Waals surface area contributed by atoms with Crippen LogP contribution in [0.5, 0.6) is 0 Å². The maximum absolute atomic E-state index is 14.4. The van der Waals surface area contributed by atoms with E-state index in [0.29, 0.717) is 6.42 Å². The molecule has 23 heteroatoms. The number of nitrogens with zero attached hydrogens (tertiary/aromatic N) is 7. The maximum Gasteiger partial charge on any atom is 0.246 e. The number of hydrogen-bond donors (Lipinski definition) is 5. The molecule has 414 valence electrons. The quantitative estimate of drug-likeness (QED) is 0.182. The molecule has 0 spiro atoms. The molecule has 5 N–H and O–H groups in total. The summed E-state index contributed by atoms with van der Waals surface area (Å²) in [5, 5.41) is 22.2. The number of amides is 11. The Kier molecular flexibility index (Phi) is 26.3. The van der Waals surface area contributed by atoms with Crippen LogP contribution < -0.4 is 21.3 Å². The van der Waals surface area contributed by atoms with Crippen LogP contribution in [-0.2, 0) is 52.7 Å². The van der Waals surface area contributed by atoms with Crippen molar-refractivity contribution in [1.29, 1.82) is 0 Å². The fraction of sp³-hybridized carbons (Fsp3) is 0.740. The lowest BCUT2D eigenvalue weighted by molar-refractivity contribution is -0.155. The van der Waals surface area contributed by atoms with Crippen molar-refractivity contribution in [1.82, 2.24) is 55.6 Å². The van der Waals surface area contributed by atoms with Crippen molar-refractivity contribution in [2.45, 2.75) is 181 Å². The molecule has 1 fully saturated rings. The van der Waals surface area contributed by atoms with Gasteiger partial charge in [0.25, 0.3) is 0 Å². The van der Waals surface area contributed by atoms with Crippen LogP contribution >= 0.6 is 0 Å². The Hall–Kier alpha value is -6.13. The van der Waals surface area contributed by atoms with Gasteiger partial charge in [-0.2, -0.15) is 0 Å². The van der Waals surface area contributed by atoms with Crippen LogP contribution in [0.2, 0.25) is 0 Å². The normalized spacial score (nSPS) is 28.9. The van der Waals surface area contributed by atoms with Crippen LogP contribution in [0.15, 0.2) is 12.2 Å². The molecule has 1 aliphatic heterocycles. The molecule has 1 saturated heterocycles. The van der Waals surface area contributed by atoms with E-state index in [4.69, 9.17) is 0 Å². The minimum atomic E-state index is -1.58. The topological polar surface area (TPSA) is 279 Å². The van der Waals surface area contributed by atoms with Crippen molar-refractivity contribution in [3.8, 4) is 0 Å². The molecule has 0 aromatic rings. The summed E-state index contributed by atoms with van der Waals surface area (Å²) in [6.07, 6.45) is 2.84. The van der Waals surface area contributed by atoms with Gasteiger partial charge >= 0.3 is 0 Å². The Bertz CT molecular complexity index is 2020. The molecule has 12 unspecified atom stereocenters. The second-order valence-electron chi connectivity index (χ2n) is 19.2. The van der Waals surface area contributed by atoms with Gasteiger partial charge in [-0.1, -0.05) is 53.7 Å². The number of carbonyl (C=O) groups excluding carboxylic acids is 11. The zero-order valence-corrected chi connectivity index (χ0v) is 46.6. The van der Waals surface area contributed by atoms with Gasteiger partial charge in [0.2, 0.25) is 65.0 Å². The highest BCUT2D eigenvalue weighted by Crippen LogP contribution is 2.21. The lowest BCUT2D eigenvalue weighted by Crippen LogP contribution is -2.62. The monoisotopic (exact) mass is 1030 g/mol. The SMILES string of the molecule is C/C=C/CC(C)C(O)C1C(=O)NC(CC)C(=O)N(C)CC(=O)N(C)C(CC)C(=O)NC(C)C(=O)N(C)C(CC)C(=O)NC(C)C(=O)NC(C)C(=O)N(C)C(CC)C(=O)N(C)C(CC)C(=O)N(C)C(C)C(=O)N1C. The Morgan fingerprint density at radius 1 is 0.493 bits per heavy atom. The van der Waals surface area contributed by atoms with E-state index >= 15 is 0 Å². The van der Waals surface area contributed by atoms with Gasteiger partial charge < -0.3 is 60.7 Å². The van der Waals surface area contributed by atoms with E-state index in [1.807, 2.05) is 0 Å². The summed E-state index contributed by atoms with van der Waals surface area (Å²) in [5.41, 5.74) is 0.